The molecule has 1 aromatic rings. The Labute approximate surface area is 79.4 Å². The van der Waals surface area contributed by atoms with Crippen molar-refractivity contribution in [3.63, 3.8) is 0 Å². The predicted octanol–water partition coefficient (Wildman–Crippen LogP) is 2.67. The zero-order valence-corrected chi connectivity index (χ0v) is 8.16. The van der Waals surface area contributed by atoms with Gasteiger partial charge in [-0.15, -0.1) is 0 Å². The fraction of sp³-hybridized carbons (Fsp3) is 0.273. The average Bonchev–Trinajstić information content (AvgIpc) is 2.18. The summed E-state index contributed by atoms with van der Waals surface area (Å²) in [5.41, 5.74) is 1.04. The highest BCUT2D eigenvalue weighted by atomic mass is 16.5. The first kappa shape index (κ1) is 9.65. The van der Waals surface area contributed by atoms with Gasteiger partial charge < -0.3 is 9.64 Å². The number of para-hydroxylation sites is 2. The molecule has 0 aromatic heterocycles. The van der Waals surface area contributed by atoms with E-state index in [0.29, 0.717) is 6.61 Å². The number of benzene rings is 1. The van der Waals surface area contributed by atoms with Crippen LogP contribution in [0.4, 0.5) is 5.69 Å². The highest BCUT2D eigenvalue weighted by molar-refractivity contribution is 5.59. The number of rotatable bonds is 4. The monoisotopic (exact) mass is 177 g/mol. The maximum absolute atomic E-state index is 5.47. The summed E-state index contributed by atoms with van der Waals surface area (Å²) in [5.74, 6) is 0.896. The van der Waals surface area contributed by atoms with Gasteiger partial charge in [0.1, 0.15) is 5.75 Å². The van der Waals surface area contributed by atoms with Gasteiger partial charge in [-0.2, -0.15) is 0 Å². The summed E-state index contributed by atoms with van der Waals surface area (Å²) < 4.78 is 5.47. The van der Waals surface area contributed by atoms with E-state index in [1.807, 2.05) is 43.1 Å². The molecular weight excluding hydrogens is 162 g/mol. The Hall–Kier alpha value is -1.44. The summed E-state index contributed by atoms with van der Waals surface area (Å²) in [6.07, 6.45) is 1.76. The fourth-order valence-corrected chi connectivity index (χ4v) is 1.12. The molecule has 0 aliphatic rings. The summed E-state index contributed by atoms with van der Waals surface area (Å²) >= 11 is 0. The van der Waals surface area contributed by atoms with E-state index in [1.54, 1.807) is 6.20 Å². The summed E-state index contributed by atoms with van der Waals surface area (Å²) in [7, 11) is 1.95. The molecule has 0 unspecified atom stereocenters. The van der Waals surface area contributed by atoms with Crippen LogP contribution >= 0.6 is 0 Å². The molecule has 0 saturated carbocycles. The second-order valence-corrected chi connectivity index (χ2v) is 2.69. The topological polar surface area (TPSA) is 12.5 Å². The van der Waals surface area contributed by atoms with Crippen LogP contribution in [0.5, 0.6) is 5.75 Å². The van der Waals surface area contributed by atoms with Crippen molar-refractivity contribution in [3.05, 3.63) is 37.0 Å². The van der Waals surface area contributed by atoms with Crippen molar-refractivity contribution in [2.45, 2.75) is 6.92 Å². The molecule has 0 fully saturated rings. The molecule has 0 bridgehead atoms. The largest absolute Gasteiger partial charge is 0.492 e. The van der Waals surface area contributed by atoms with Gasteiger partial charge in [-0.25, -0.2) is 0 Å². The zero-order valence-electron chi connectivity index (χ0n) is 8.16. The number of ether oxygens (including phenoxy) is 1. The first-order chi connectivity index (χ1) is 6.29. The highest BCUT2D eigenvalue weighted by Crippen LogP contribution is 2.26. The Morgan fingerprint density at radius 1 is 1.46 bits per heavy atom. The molecule has 2 nitrogen and oxygen atoms in total. The van der Waals surface area contributed by atoms with E-state index in [0.717, 1.165) is 11.4 Å². The minimum absolute atomic E-state index is 0.683. The van der Waals surface area contributed by atoms with Crippen LogP contribution in [-0.4, -0.2) is 13.7 Å². The van der Waals surface area contributed by atoms with Gasteiger partial charge in [-0.3, -0.25) is 0 Å². The normalized spacial score (nSPS) is 9.38. The Morgan fingerprint density at radius 2 is 2.15 bits per heavy atom. The van der Waals surface area contributed by atoms with Gasteiger partial charge in [0.25, 0.3) is 0 Å². The molecule has 0 amide bonds. The third-order valence-corrected chi connectivity index (χ3v) is 1.82. The van der Waals surface area contributed by atoms with E-state index < -0.39 is 0 Å². The van der Waals surface area contributed by atoms with E-state index in [4.69, 9.17) is 4.74 Å². The summed E-state index contributed by atoms with van der Waals surface area (Å²) in [6, 6.07) is 7.91. The van der Waals surface area contributed by atoms with Crippen molar-refractivity contribution in [3.8, 4) is 5.75 Å². The van der Waals surface area contributed by atoms with Crippen LogP contribution in [0.25, 0.3) is 0 Å². The third kappa shape index (κ3) is 2.25. The van der Waals surface area contributed by atoms with Crippen LogP contribution in [0, 0.1) is 0 Å². The Bertz CT molecular complexity index is 283. The van der Waals surface area contributed by atoms with Crippen LogP contribution in [0.3, 0.4) is 0 Å². The van der Waals surface area contributed by atoms with Crippen molar-refractivity contribution in [2.75, 3.05) is 18.6 Å². The summed E-state index contributed by atoms with van der Waals surface area (Å²) in [4.78, 5) is 1.94. The van der Waals surface area contributed by atoms with Gasteiger partial charge in [0.2, 0.25) is 0 Å². The van der Waals surface area contributed by atoms with Crippen molar-refractivity contribution >= 4 is 5.69 Å². The molecule has 1 aromatic carbocycles. The second kappa shape index (κ2) is 4.55. The van der Waals surface area contributed by atoms with E-state index in [-0.39, 0.29) is 0 Å². The lowest BCUT2D eigenvalue weighted by Crippen LogP contribution is -2.08. The fourth-order valence-electron chi connectivity index (χ4n) is 1.12. The van der Waals surface area contributed by atoms with E-state index >= 15 is 0 Å². The SMILES string of the molecule is C=CN(C)c1ccccc1OCC. The van der Waals surface area contributed by atoms with Crippen molar-refractivity contribution in [1.29, 1.82) is 0 Å². The van der Waals surface area contributed by atoms with E-state index in [2.05, 4.69) is 6.58 Å². The molecule has 0 aliphatic heterocycles. The number of hydrogen-bond donors (Lipinski definition) is 0. The molecule has 0 spiro atoms. The first-order valence-corrected chi connectivity index (χ1v) is 4.36. The van der Waals surface area contributed by atoms with Crippen LogP contribution < -0.4 is 9.64 Å². The molecule has 0 N–H and O–H groups in total. The molecular formula is C11H15NO. The number of hydrogen-bond acceptors (Lipinski definition) is 2. The maximum atomic E-state index is 5.47. The predicted molar refractivity (Wildman–Crippen MR) is 56.2 cm³/mol. The quantitative estimate of drug-likeness (QED) is 0.701. The lowest BCUT2D eigenvalue weighted by molar-refractivity contribution is 0.341. The molecule has 1 rings (SSSR count). The standard InChI is InChI=1S/C11H15NO/c1-4-12(3)10-8-6-7-9-11(10)13-5-2/h4,6-9H,1,5H2,2-3H3. The average molecular weight is 177 g/mol. The highest BCUT2D eigenvalue weighted by Gasteiger charge is 2.03. The van der Waals surface area contributed by atoms with Gasteiger partial charge in [0.05, 0.1) is 12.3 Å². The second-order valence-electron chi connectivity index (χ2n) is 2.69. The minimum atomic E-state index is 0.683. The van der Waals surface area contributed by atoms with Crippen molar-refractivity contribution in [1.82, 2.24) is 0 Å². The number of nitrogens with zero attached hydrogens (tertiary/aromatic N) is 1. The van der Waals surface area contributed by atoms with E-state index in [9.17, 15) is 0 Å². The molecule has 70 valence electrons. The third-order valence-electron chi connectivity index (χ3n) is 1.82. The van der Waals surface area contributed by atoms with Gasteiger partial charge in [0, 0.05) is 7.05 Å². The van der Waals surface area contributed by atoms with Crippen LogP contribution in [0.2, 0.25) is 0 Å². The van der Waals surface area contributed by atoms with Gasteiger partial charge in [-0.1, -0.05) is 18.7 Å². The van der Waals surface area contributed by atoms with Crippen LogP contribution in [0.1, 0.15) is 6.92 Å². The van der Waals surface area contributed by atoms with Crippen molar-refractivity contribution in [2.24, 2.45) is 0 Å². The molecule has 0 saturated heterocycles. The van der Waals surface area contributed by atoms with Gasteiger partial charge in [-0.05, 0) is 25.3 Å². The van der Waals surface area contributed by atoms with Crippen molar-refractivity contribution < 1.29 is 4.74 Å². The molecule has 0 aliphatic carbocycles. The zero-order chi connectivity index (χ0) is 9.68. The molecule has 0 atom stereocenters. The van der Waals surface area contributed by atoms with Crippen LogP contribution in [-0.2, 0) is 0 Å². The molecule has 0 radical (unpaired) electrons. The van der Waals surface area contributed by atoms with E-state index in [1.165, 1.54) is 0 Å². The first-order valence-electron chi connectivity index (χ1n) is 4.36. The smallest absolute Gasteiger partial charge is 0.142 e. The molecule has 0 heterocycles. The van der Waals surface area contributed by atoms with Gasteiger partial charge >= 0.3 is 0 Å². The van der Waals surface area contributed by atoms with Gasteiger partial charge in [0.15, 0.2) is 0 Å². The van der Waals surface area contributed by atoms with Crippen LogP contribution in [0.15, 0.2) is 37.0 Å². The lowest BCUT2D eigenvalue weighted by Gasteiger charge is -2.17. The minimum Gasteiger partial charge on any atom is -0.492 e. The Balaban J connectivity index is 2.96. The number of anilines is 1. The molecule has 2 heteroatoms. The Morgan fingerprint density at radius 3 is 2.77 bits per heavy atom. The summed E-state index contributed by atoms with van der Waals surface area (Å²) in [5, 5.41) is 0. The maximum Gasteiger partial charge on any atom is 0.142 e. The summed E-state index contributed by atoms with van der Waals surface area (Å²) in [6.45, 7) is 6.37. The molecule has 13 heavy (non-hydrogen) atoms. The lowest BCUT2D eigenvalue weighted by atomic mass is 10.3. The Kier molecular flexibility index (Phi) is 3.38.